The van der Waals surface area contributed by atoms with E-state index in [9.17, 15) is 19.2 Å². The molecule has 0 saturated carbocycles. The number of hydrogen-bond acceptors (Lipinski definition) is 8. The van der Waals surface area contributed by atoms with Crippen LogP contribution in [-0.4, -0.2) is 23.9 Å². The molecule has 0 radical (unpaired) electrons. The summed E-state index contributed by atoms with van der Waals surface area (Å²) in [4.78, 5) is 50.8. The fraction of sp³-hybridized carbons (Fsp3) is 0.579. The number of esters is 4. The SMILES string of the molecule is CC(Cc1ccc(OC(=O)C(C)(C)C)c(OC(=O)C(C)(C)C)c1)C(C)Cc1ccc(OC(=O)C(C)(C)C)c(OC(=O)C(C)(C)C)c1. The molecule has 0 heterocycles. The van der Waals surface area contributed by atoms with Crippen molar-refractivity contribution in [2.75, 3.05) is 0 Å². The lowest BCUT2D eigenvalue weighted by molar-refractivity contribution is -0.145. The van der Waals surface area contributed by atoms with E-state index in [0.29, 0.717) is 12.8 Å². The zero-order valence-electron chi connectivity index (χ0n) is 30.3. The highest BCUT2D eigenvalue weighted by atomic mass is 16.6. The van der Waals surface area contributed by atoms with Gasteiger partial charge in [0, 0.05) is 0 Å². The standard InChI is InChI=1S/C38H54O8/c1-23(19-25-15-17-27(43-31(39)35(3,4)5)29(21-25)45-33(41)37(9,10)11)24(2)20-26-16-18-28(44-32(40)36(6,7)8)30(22-26)46-34(42)38(12,13)14/h15-18,21-24H,19-20H2,1-14H3. The van der Waals surface area contributed by atoms with Crippen molar-refractivity contribution >= 4 is 23.9 Å². The average molecular weight is 639 g/mol. The van der Waals surface area contributed by atoms with E-state index in [0.717, 1.165) is 11.1 Å². The quantitative estimate of drug-likeness (QED) is 0.199. The number of carbonyl (C=O) groups is 4. The molecule has 0 aromatic heterocycles. The first-order valence-corrected chi connectivity index (χ1v) is 15.9. The van der Waals surface area contributed by atoms with Crippen molar-refractivity contribution in [2.45, 2.75) is 110 Å². The van der Waals surface area contributed by atoms with Crippen LogP contribution in [0.1, 0.15) is 108 Å². The van der Waals surface area contributed by atoms with Crippen LogP contribution in [0.25, 0.3) is 0 Å². The minimum Gasteiger partial charge on any atom is -0.422 e. The van der Waals surface area contributed by atoms with Gasteiger partial charge in [-0.3, -0.25) is 19.2 Å². The van der Waals surface area contributed by atoms with Crippen molar-refractivity contribution in [1.82, 2.24) is 0 Å². The van der Waals surface area contributed by atoms with Gasteiger partial charge in [-0.25, -0.2) is 0 Å². The van der Waals surface area contributed by atoms with Gasteiger partial charge in [-0.1, -0.05) is 26.0 Å². The Bertz CT molecular complexity index is 1320. The van der Waals surface area contributed by atoms with Gasteiger partial charge in [0.1, 0.15) is 0 Å². The molecule has 0 spiro atoms. The van der Waals surface area contributed by atoms with Gasteiger partial charge in [0.25, 0.3) is 0 Å². The van der Waals surface area contributed by atoms with Crippen molar-refractivity contribution in [3.8, 4) is 23.0 Å². The van der Waals surface area contributed by atoms with E-state index in [2.05, 4.69) is 13.8 Å². The summed E-state index contributed by atoms with van der Waals surface area (Å²) in [7, 11) is 0. The Morgan fingerprint density at radius 2 is 0.696 bits per heavy atom. The third-order valence-corrected chi connectivity index (χ3v) is 7.36. The maximum Gasteiger partial charge on any atom is 0.316 e. The number of hydrogen-bond donors (Lipinski definition) is 0. The van der Waals surface area contributed by atoms with E-state index < -0.39 is 45.5 Å². The monoisotopic (exact) mass is 638 g/mol. The van der Waals surface area contributed by atoms with Gasteiger partial charge in [0.2, 0.25) is 0 Å². The van der Waals surface area contributed by atoms with E-state index in [4.69, 9.17) is 18.9 Å². The molecule has 2 unspecified atom stereocenters. The summed E-state index contributed by atoms with van der Waals surface area (Å²) < 4.78 is 22.7. The van der Waals surface area contributed by atoms with Crippen LogP contribution in [0.2, 0.25) is 0 Å². The second kappa shape index (κ2) is 14.4. The van der Waals surface area contributed by atoms with Crippen LogP contribution in [0.3, 0.4) is 0 Å². The summed E-state index contributed by atoms with van der Waals surface area (Å²) in [5.41, 5.74) is -1.10. The summed E-state index contributed by atoms with van der Waals surface area (Å²) in [6, 6.07) is 10.6. The van der Waals surface area contributed by atoms with Crippen molar-refractivity contribution in [2.24, 2.45) is 33.5 Å². The van der Waals surface area contributed by atoms with Gasteiger partial charge in [-0.15, -0.1) is 0 Å². The van der Waals surface area contributed by atoms with Crippen molar-refractivity contribution in [1.29, 1.82) is 0 Å². The van der Waals surface area contributed by atoms with Crippen molar-refractivity contribution < 1.29 is 38.1 Å². The lowest BCUT2D eigenvalue weighted by Crippen LogP contribution is -2.28. The van der Waals surface area contributed by atoms with Crippen LogP contribution in [0.15, 0.2) is 36.4 Å². The maximum absolute atomic E-state index is 12.8. The normalized spacial score (nSPS) is 13.8. The van der Waals surface area contributed by atoms with Crippen LogP contribution in [0, 0.1) is 33.5 Å². The molecule has 8 nitrogen and oxygen atoms in total. The van der Waals surface area contributed by atoms with Gasteiger partial charge < -0.3 is 18.9 Å². The second-order valence-electron chi connectivity index (χ2n) is 16.5. The van der Waals surface area contributed by atoms with E-state index >= 15 is 0 Å². The summed E-state index contributed by atoms with van der Waals surface area (Å²) in [5.74, 6) is -0.526. The number of ether oxygens (including phenoxy) is 4. The number of carbonyl (C=O) groups excluding carboxylic acids is 4. The third kappa shape index (κ3) is 11.3. The molecule has 0 saturated heterocycles. The van der Waals surface area contributed by atoms with Gasteiger partial charge in [0.15, 0.2) is 23.0 Å². The molecular weight excluding hydrogens is 584 g/mol. The van der Waals surface area contributed by atoms with Gasteiger partial charge >= 0.3 is 23.9 Å². The molecule has 2 aromatic carbocycles. The Hall–Kier alpha value is -3.68. The van der Waals surface area contributed by atoms with Gasteiger partial charge in [0.05, 0.1) is 21.7 Å². The average Bonchev–Trinajstić information content (AvgIpc) is 2.89. The Kier molecular flexibility index (Phi) is 12.0. The molecular formula is C38H54O8. The fourth-order valence-corrected chi connectivity index (χ4v) is 3.84. The molecule has 0 amide bonds. The summed E-state index contributed by atoms with van der Waals surface area (Å²) in [6.07, 6.45) is 1.34. The van der Waals surface area contributed by atoms with E-state index in [1.165, 1.54) is 0 Å². The molecule has 46 heavy (non-hydrogen) atoms. The van der Waals surface area contributed by atoms with Gasteiger partial charge in [-0.2, -0.15) is 0 Å². The lowest BCUT2D eigenvalue weighted by atomic mass is 9.85. The summed E-state index contributed by atoms with van der Waals surface area (Å²) >= 11 is 0. The zero-order chi connectivity index (χ0) is 35.4. The van der Waals surface area contributed by atoms with Crippen LogP contribution in [-0.2, 0) is 32.0 Å². The lowest BCUT2D eigenvalue weighted by Gasteiger charge is -2.23. The molecule has 2 aromatic rings. The van der Waals surface area contributed by atoms with Crippen molar-refractivity contribution in [3.63, 3.8) is 0 Å². The molecule has 2 atom stereocenters. The molecule has 0 bridgehead atoms. The first kappa shape index (κ1) is 38.5. The maximum atomic E-state index is 12.8. The highest BCUT2D eigenvalue weighted by Gasteiger charge is 2.30. The first-order chi connectivity index (χ1) is 20.8. The molecule has 254 valence electrons. The van der Waals surface area contributed by atoms with Crippen LogP contribution >= 0.6 is 0 Å². The molecule has 8 heteroatoms. The first-order valence-electron chi connectivity index (χ1n) is 15.9. The third-order valence-electron chi connectivity index (χ3n) is 7.36. The highest BCUT2D eigenvalue weighted by Crippen LogP contribution is 2.36. The Balaban J connectivity index is 2.32. The molecule has 0 aliphatic heterocycles. The minimum atomic E-state index is -0.746. The van der Waals surface area contributed by atoms with Crippen LogP contribution < -0.4 is 18.9 Å². The Morgan fingerprint density at radius 1 is 0.457 bits per heavy atom. The van der Waals surface area contributed by atoms with Crippen LogP contribution in [0.5, 0.6) is 23.0 Å². The van der Waals surface area contributed by atoms with Crippen molar-refractivity contribution in [3.05, 3.63) is 47.5 Å². The minimum absolute atomic E-state index is 0.188. The zero-order valence-corrected chi connectivity index (χ0v) is 30.3. The highest BCUT2D eigenvalue weighted by molar-refractivity contribution is 5.82. The molecule has 2 rings (SSSR count). The largest absolute Gasteiger partial charge is 0.422 e. The Labute approximate surface area is 275 Å². The van der Waals surface area contributed by atoms with E-state index in [1.807, 2.05) is 12.1 Å². The number of benzene rings is 2. The molecule has 0 N–H and O–H groups in total. The van der Waals surface area contributed by atoms with E-state index in [1.54, 1.807) is 107 Å². The molecule has 0 aliphatic carbocycles. The molecule has 0 fully saturated rings. The van der Waals surface area contributed by atoms with Gasteiger partial charge in [-0.05, 0) is 143 Å². The van der Waals surface area contributed by atoms with Crippen LogP contribution in [0.4, 0.5) is 0 Å². The topological polar surface area (TPSA) is 105 Å². The second-order valence-corrected chi connectivity index (χ2v) is 16.5. The van der Waals surface area contributed by atoms with E-state index in [-0.39, 0.29) is 34.8 Å². The predicted molar refractivity (Wildman–Crippen MR) is 179 cm³/mol. The smallest absolute Gasteiger partial charge is 0.316 e. The Morgan fingerprint density at radius 3 is 0.935 bits per heavy atom. The predicted octanol–water partition coefficient (Wildman–Crippen LogP) is 8.55. The molecule has 0 aliphatic rings. The number of rotatable bonds is 9. The fourth-order valence-electron chi connectivity index (χ4n) is 3.84. The summed E-state index contributed by atoms with van der Waals surface area (Å²) in [6.45, 7) is 25.4. The summed E-state index contributed by atoms with van der Waals surface area (Å²) in [5, 5.41) is 0.